The van der Waals surface area contributed by atoms with E-state index in [-0.39, 0.29) is 0 Å². The quantitative estimate of drug-likeness (QED) is 0.159. The lowest BCUT2D eigenvalue weighted by molar-refractivity contribution is 0.670. The summed E-state index contributed by atoms with van der Waals surface area (Å²) >= 11 is 1.86. The van der Waals surface area contributed by atoms with Gasteiger partial charge in [-0.3, -0.25) is 0 Å². The molecule has 0 aliphatic heterocycles. The number of hydrogen-bond acceptors (Lipinski definition) is 3. The maximum absolute atomic E-state index is 6.54. The summed E-state index contributed by atoms with van der Waals surface area (Å²) in [4.78, 5) is 2.44. The van der Waals surface area contributed by atoms with Crippen molar-refractivity contribution < 1.29 is 4.42 Å². The van der Waals surface area contributed by atoms with E-state index in [0.717, 1.165) is 61.3 Å². The number of anilines is 3. The highest BCUT2D eigenvalue weighted by atomic mass is 32.1. The summed E-state index contributed by atoms with van der Waals surface area (Å²) in [5, 5.41) is 4.83. The lowest BCUT2D eigenvalue weighted by atomic mass is 9.67. The molecule has 0 N–H and O–H groups in total. The molecule has 0 radical (unpaired) electrons. The van der Waals surface area contributed by atoms with E-state index in [4.69, 9.17) is 4.42 Å². The first-order valence-corrected chi connectivity index (χ1v) is 22.7. The first-order valence-electron chi connectivity index (χ1n) is 21.9. The van der Waals surface area contributed by atoms with E-state index < -0.39 is 5.41 Å². The Morgan fingerprint density at radius 3 is 1.73 bits per heavy atom. The smallest absolute Gasteiger partial charge is 0.143 e. The van der Waals surface area contributed by atoms with Gasteiger partial charge in [0, 0.05) is 53.6 Å². The molecular formula is C61H39NOS. The molecule has 0 atom stereocenters. The van der Waals surface area contributed by atoms with Crippen LogP contribution in [0.5, 0.6) is 0 Å². The van der Waals surface area contributed by atoms with Gasteiger partial charge in [-0.2, -0.15) is 0 Å². The highest BCUT2D eigenvalue weighted by Gasteiger charge is 2.46. The zero-order valence-corrected chi connectivity index (χ0v) is 35.6. The summed E-state index contributed by atoms with van der Waals surface area (Å²) in [6.45, 7) is 0. The summed E-state index contributed by atoms with van der Waals surface area (Å²) in [7, 11) is 0. The molecule has 12 aromatic rings. The zero-order chi connectivity index (χ0) is 42.2. The molecule has 0 unspecified atom stereocenters. The van der Waals surface area contributed by atoms with Gasteiger partial charge in [-0.15, -0.1) is 11.3 Å². The van der Waals surface area contributed by atoms with Crippen LogP contribution in [0.4, 0.5) is 17.1 Å². The largest absolute Gasteiger partial charge is 0.455 e. The highest BCUT2D eigenvalue weighted by Crippen LogP contribution is 2.57. The van der Waals surface area contributed by atoms with Gasteiger partial charge in [-0.1, -0.05) is 182 Å². The third kappa shape index (κ3) is 5.58. The Bertz CT molecular complexity index is 3680. The summed E-state index contributed by atoms with van der Waals surface area (Å²) in [6, 6.07) is 86.5. The molecule has 0 spiro atoms. The van der Waals surface area contributed by atoms with Crippen molar-refractivity contribution in [3.8, 4) is 33.4 Å². The zero-order valence-electron chi connectivity index (χ0n) is 34.8. The van der Waals surface area contributed by atoms with Gasteiger partial charge in [0.05, 0.1) is 5.41 Å². The van der Waals surface area contributed by atoms with Gasteiger partial charge in [-0.05, 0) is 105 Å². The Kier molecular flexibility index (Phi) is 8.34. The van der Waals surface area contributed by atoms with Gasteiger partial charge in [-0.25, -0.2) is 0 Å². The van der Waals surface area contributed by atoms with Gasteiger partial charge >= 0.3 is 0 Å². The number of para-hydroxylation sites is 1. The monoisotopic (exact) mass is 833 g/mol. The van der Waals surface area contributed by atoms with E-state index in [1.807, 2.05) is 11.3 Å². The molecule has 0 amide bonds. The molecule has 1 aliphatic rings. The van der Waals surface area contributed by atoms with Crippen molar-refractivity contribution >= 4 is 70.5 Å². The van der Waals surface area contributed by atoms with Crippen molar-refractivity contribution in [2.75, 3.05) is 4.90 Å². The van der Waals surface area contributed by atoms with Crippen LogP contribution in [-0.2, 0) is 5.41 Å². The summed E-state index contributed by atoms with van der Waals surface area (Å²) < 4.78 is 9.12. The fourth-order valence-electron chi connectivity index (χ4n) is 10.5. The third-order valence-corrected chi connectivity index (χ3v) is 14.5. The SMILES string of the molecule is c1ccc(-c2cccc3c2oc2ccc(-c4ccc(N(c5ccc6c(c5)C(c5ccccc5)(c5ccccc5)c5ccccc5-6)c5ccc6c(c5)sc5ccccc56)cc4)cc23)cc1. The number of nitrogens with zero attached hydrogens (tertiary/aromatic N) is 1. The number of fused-ring (bicyclic) bond motifs is 9. The number of furan rings is 1. The van der Waals surface area contributed by atoms with E-state index in [9.17, 15) is 0 Å². The lowest BCUT2D eigenvalue weighted by Crippen LogP contribution is -2.28. The fraction of sp³-hybridized carbons (Fsp3) is 0.0164. The maximum atomic E-state index is 6.54. The van der Waals surface area contributed by atoms with Crippen LogP contribution in [0.2, 0.25) is 0 Å². The van der Waals surface area contributed by atoms with Crippen LogP contribution < -0.4 is 4.90 Å². The molecule has 1 aliphatic carbocycles. The Hall–Kier alpha value is -7.98. The standard InChI is InChI=1S/C61H39NOS/c1-4-15-41(16-5-1)48-23-14-24-53-54-37-42(29-36-57(54)63-60(48)53)40-27-30-45(31-28-40)62(47-33-35-52-51-22-11-13-26-58(51)64-59(52)39-47)46-32-34-50-49-21-10-12-25-55(49)61(56(50)38-46,43-17-6-2-7-18-43)44-19-8-3-9-20-44/h1-39H. The van der Waals surface area contributed by atoms with Gasteiger partial charge in [0.1, 0.15) is 11.2 Å². The molecule has 2 aromatic heterocycles. The predicted octanol–water partition coefficient (Wildman–Crippen LogP) is 17.1. The minimum atomic E-state index is -0.507. The Morgan fingerprint density at radius 2 is 0.938 bits per heavy atom. The predicted molar refractivity (Wildman–Crippen MR) is 269 cm³/mol. The molecular weight excluding hydrogens is 795 g/mol. The van der Waals surface area contributed by atoms with Crippen molar-refractivity contribution in [2.24, 2.45) is 0 Å². The molecule has 64 heavy (non-hydrogen) atoms. The van der Waals surface area contributed by atoms with Gasteiger partial charge in [0.25, 0.3) is 0 Å². The van der Waals surface area contributed by atoms with Crippen LogP contribution in [-0.4, -0.2) is 0 Å². The minimum absolute atomic E-state index is 0.507. The van der Waals surface area contributed by atoms with Crippen molar-refractivity contribution in [1.82, 2.24) is 0 Å². The van der Waals surface area contributed by atoms with Crippen LogP contribution >= 0.6 is 11.3 Å². The Morgan fingerprint density at radius 1 is 0.344 bits per heavy atom. The van der Waals surface area contributed by atoms with E-state index in [1.165, 1.54) is 53.6 Å². The molecule has 300 valence electrons. The Labute approximate surface area is 375 Å². The number of rotatable bonds is 7. The molecule has 2 nitrogen and oxygen atoms in total. The second-order valence-corrected chi connectivity index (χ2v) is 17.9. The van der Waals surface area contributed by atoms with Crippen LogP contribution in [0, 0.1) is 0 Å². The second kappa shape index (κ2) is 14.6. The fourth-order valence-corrected chi connectivity index (χ4v) is 11.6. The molecule has 13 rings (SSSR count). The minimum Gasteiger partial charge on any atom is -0.455 e. The highest BCUT2D eigenvalue weighted by molar-refractivity contribution is 7.25. The number of thiophene rings is 1. The topological polar surface area (TPSA) is 16.4 Å². The summed E-state index contributed by atoms with van der Waals surface area (Å²) in [6.07, 6.45) is 0. The average Bonchev–Trinajstić information content (AvgIpc) is 4.03. The van der Waals surface area contributed by atoms with E-state index in [1.54, 1.807) is 0 Å². The van der Waals surface area contributed by atoms with Crippen molar-refractivity contribution in [3.63, 3.8) is 0 Å². The van der Waals surface area contributed by atoms with E-state index in [2.05, 4.69) is 241 Å². The Balaban J connectivity index is 0.979. The van der Waals surface area contributed by atoms with Crippen molar-refractivity contribution in [1.29, 1.82) is 0 Å². The average molecular weight is 834 g/mol. The van der Waals surface area contributed by atoms with Crippen molar-refractivity contribution in [2.45, 2.75) is 5.41 Å². The first-order chi connectivity index (χ1) is 31.7. The summed E-state index contributed by atoms with van der Waals surface area (Å²) in [5.41, 5.74) is 16.8. The van der Waals surface area contributed by atoms with Crippen molar-refractivity contribution in [3.05, 3.63) is 259 Å². The first kappa shape index (κ1) is 36.7. The van der Waals surface area contributed by atoms with Gasteiger partial charge in [0.2, 0.25) is 0 Å². The lowest BCUT2D eigenvalue weighted by Gasteiger charge is -2.35. The van der Waals surface area contributed by atoms with E-state index >= 15 is 0 Å². The second-order valence-electron chi connectivity index (χ2n) is 16.8. The van der Waals surface area contributed by atoms with Gasteiger partial charge in [0.15, 0.2) is 0 Å². The molecule has 0 fully saturated rings. The molecule has 3 heteroatoms. The molecule has 2 heterocycles. The summed E-state index contributed by atoms with van der Waals surface area (Å²) in [5.74, 6) is 0. The van der Waals surface area contributed by atoms with Crippen LogP contribution in [0.25, 0.3) is 75.5 Å². The van der Waals surface area contributed by atoms with Crippen LogP contribution in [0.15, 0.2) is 241 Å². The molecule has 10 aromatic carbocycles. The third-order valence-electron chi connectivity index (χ3n) is 13.4. The normalized spacial score (nSPS) is 12.8. The number of hydrogen-bond donors (Lipinski definition) is 0. The molecule has 0 bridgehead atoms. The molecule has 0 saturated carbocycles. The van der Waals surface area contributed by atoms with Crippen LogP contribution in [0.3, 0.4) is 0 Å². The molecule has 0 saturated heterocycles. The van der Waals surface area contributed by atoms with Gasteiger partial charge < -0.3 is 9.32 Å². The number of benzene rings is 10. The van der Waals surface area contributed by atoms with Crippen LogP contribution in [0.1, 0.15) is 22.3 Å². The maximum Gasteiger partial charge on any atom is 0.143 e. The van der Waals surface area contributed by atoms with E-state index in [0.29, 0.717) is 0 Å².